The smallest absolute Gasteiger partial charge is 0.322 e. The van der Waals surface area contributed by atoms with Crippen molar-refractivity contribution in [2.75, 3.05) is 25.2 Å². The number of nitrogens with one attached hydrogen (secondary N) is 2. The number of hydrogen-bond donors (Lipinski definition) is 2. The summed E-state index contributed by atoms with van der Waals surface area (Å²) < 4.78 is 38.6. The SMILES string of the molecule is C=C.CC/C=C(\C=C(\F)C(C)C1=C(S(C)(=O)=O)CCC=CC1)NC.O=C[C@H]1CCCN1C(=O)Nc1ccc(Cl)cc1. The predicted octanol–water partition coefficient (Wildman–Crippen LogP) is 7.37. The van der Waals surface area contributed by atoms with Crippen LogP contribution < -0.4 is 10.6 Å². The molecular weight excluding hydrogens is 565 g/mol. The van der Waals surface area contributed by atoms with Crippen molar-refractivity contribution in [1.82, 2.24) is 10.2 Å². The van der Waals surface area contributed by atoms with Crippen LogP contribution in [0.2, 0.25) is 5.02 Å². The number of sulfone groups is 1. The highest BCUT2D eigenvalue weighted by Gasteiger charge is 2.28. The summed E-state index contributed by atoms with van der Waals surface area (Å²) in [5.74, 6) is -0.860. The number of rotatable bonds is 8. The van der Waals surface area contributed by atoms with Gasteiger partial charge in [0.05, 0.1) is 6.04 Å². The fourth-order valence-corrected chi connectivity index (χ4v) is 5.82. The minimum atomic E-state index is -3.31. The highest BCUT2D eigenvalue weighted by molar-refractivity contribution is 7.94. The maximum Gasteiger partial charge on any atom is 0.322 e. The Bertz CT molecular complexity index is 1240. The van der Waals surface area contributed by atoms with E-state index in [2.05, 4.69) is 23.8 Å². The van der Waals surface area contributed by atoms with Crippen molar-refractivity contribution in [3.63, 3.8) is 0 Å². The highest BCUT2D eigenvalue weighted by atomic mass is 35.5. The lowest BCUT2D eigenvalue weighted by Crippen LogP contribution is -2.39. The third kappa shape index (κ3) is 11.7. The van der Waals surface area contributed by atoms with Gasteiger partial charge in [-0.25, -0.2) is 17.6 Å². The van der Waals surface area contributed by atoms with Crippen LogP contribution in [0.15, 0.2) is 83.7 Å². The molecule has 1 aliphatic heterocycles. The summed E-state index contributed by atoms with van der Waals surface area (Å²) in [6.45, 7) is 10.3. The molecule has 2 aliphatic rings. The van der Waals surface area contributed by atoms with Gasteiger partial charge >= 0.3 is 6.03 Å². The standard InChI is InChI=1S/C17H26FNO2S.C12H13ClN2O2.C2H4/c1-5-9-14(19-3)12-16(18)13(2)15-10-7-6-8-11-17(15)22(4,20)21;13-9-3-5-10(6-4-9)14-12(17)15-7-1-2-11(15)8-16;1-2/h6-7,9,12-13,19H,5,8,10-11H2,1-4H3;3-6,8,11H,1-2,7H2,(H,14,17);1-2H2/b14-9+,16-12+;;/t;11-;/m.1./s1. The van der Waals surface area contributed by atoms with Crippen molar-refractivity contribution < 1.29 is 22.4 Å². The van der Waals surface area contributed by atoms with Gasteiger partial charge < -0.3 is 20.3 Å². The van der Waals surface area contributed by atoms with E-state index in [9.17, 15) is 22.4 Å². The zero-order valence-corrected chi connectivity index (χ0v) is 26.0. The number of urea groups is 1. The van der Waals surface area contributed by atoms with E-state index in [-0.39, 0.29) is 17.9 Å². The first-order valence-electron chi connectivity index (χ1n) is 13.6. The third-order valence-electron chi connectivity index (χ3n) is 6.60. The number of allylic oxidation sites excluding steroid dienone is 7. The van der Waals surface area contributed by atoms with Crippen molar-refractivity contribution in [3.05, 3.63) is 88.8 Å². The maximum absolute atomic E-state index is 14.6. The number of amides is 2. The monoisotopic (exact) mass is 607 g/mol. The van der Waals surface area contributed by atoms with Crippen molar-refractivity contribution in [2.24, 2.45) is 5.92 Å². The number of likely N-dealkylation sites (N-methyl/N-ethyl adjacent to an activating group) is 1. The second kappa shape index (κ2) is 18.3. The Morgan fingerprint density at radius 3 is 2.46 bits per heavy atom. The number of benzene rings is 1. The van der Waals surface area contributed by atoms with Crippen LogP contribution in [0.1, 0.15) is 52.4 Å². The molecule has 226 valence electrons. The second-order valence-corrected chi connectivity index (χ2v) is 12.0. The molecule has 2 amide bonds. The quantitative estimate of drug-likeness (QED) is 0.183. The topological polar surface area (TPSA) is 95.6 Å². The Hall–Kier alpha value is -3.17. The molecule has 1 aromatic rings. The molecule has 1 fully saturated rings. The summed E-state index contributed by atoms with van der Waals surface area (Å²) in [5, 5.41) is 6.31. The van der Waals surface area contributed by atoms with Gasteiger partial charge in [0.1, 0.15) is 12.1 Å². The van der Waals surface area contributed by atoms with Crippen LogP contribution in [-0.4, -0.2) is 51.5 Å². The molecule has 1 aromatic carbocycles. The van der Waals surface area contributed by atoms with E-state index in [1.807, 2.05) is 25.2 Å². The van der Waals surface area contributed by atoms with Crippen LogP contribution in [0.5, 0.6) is 0 Å². The molecule has 1 heterocycles. The van der Waals surface area contributed by atoms with Gasteiger partial charge in [-0.3, -0.25) is 0 Å². The molecule has 1 aliphatic carbocycles. The molecule has 10 heteroatoms. The predicted molar refractivity (Wildman–Crippen MR) is 168 cm³/mol. The minimum Gasteiger partial charge on any atom is -0.388 e. The Kier molecular flexibility index (Phi) is 16.0. The third-order valence-corrected chi connectivity index (χ3v) is 8.22. The number of nitrogens with zero attached hydrogens (tertiary/aromatic N) is 1. The van der Waals surface area contributed by atoms with E-state index < -0.39 is 15.8 Å². The van der Waals surface area contributed by atoms with E-state index in [1.54, 1.807) is 43.1 Å². The molecule has 41 heavy (non-hydrogen) atoms. The number of anilines is 1. The summed E-state index contributed by atoms with van der Waals surface area (Å²) in [5.41, 5.74) is 2.05. The fraction of sp³-hybridized carbons (Fsp3) is 0.419. The van der Waals surface area contributed by atoms with Crippen molar-refractivity contribution in [3.8, 4) is 0 Å². The average molecular weight is 608 g/mol. The molecular formula is C31H43ClFN3O4S. The molecule has 0 saturated carbocycles. The molecule has 1 unspecified atom stereocenters. The van der Waals surface area contributed by atoms with Crippen molar-refractivity contribution in [2.45, 2.75) is 58.4 Å². The van der Waals surface area contributed by atoms with Gasteiger partial charge in [0.2, 0.25) is 0 Å². The number of likely N-dealkylation sites (tertiary alicyclic amines) is 1. The van der Waals surface area contributed by atoms with Crippen LogP contribution in [0.4, 0.5) is 14.9 Å². The molecule has 0 spiro atoms. The molecule has 7 nitrogen and oxygen atoms in total. The van der Waals surface area contributed by atoms with E-state index in [4.69, 9.17) is 11.6 Å². The molecule has 1 saturated heterocycles. The lowest BCUT2D eigenvalue weighted by molar-refractivity contribution is -0.110. The Labute approximate surface area is 249 Å². The molecule has 3 rings (SSSR count). The summed E-state index contributed by atoms with van der Waals surface area (Å²) in [6, 6.07) is 6.35. The van der Waals surface area contributed by atoms with E-state index in [1.165, 1.54) is 12.3 Å². The van der Waals surface area contributed by atoms with E-state index >= 15 is 0 Å². The summed E-state index contributed by atoms with van der Waals surface area (Å²) in [6.07, 6.45) is 13.3. The first kappa shape index (κ1) is 35.9. The minimum absolute atomic E-state index is 0.234. The van der Waals surface area contributed by atoms with Gasteiger partial charge in [0.25, 0.3) is 0 Å². The first-order valence-corrected chi connectivity index (χ1v) is 15.9. The Morgan fingerprint density at radius 2 is 1.90 bits per heavy atom. The molecule has 0 aromatic heterocycles. The van der Waals surface area contributed by atoms with Crippen molar-refractivity contribution >= 4 is 39.4 Å². The number of carbonyl (C=O) groups is 2. The lowest BCUT2D eigenvalue weighted by Gasteiger charge is -2.20. The van der Waals surface area contributed by atoms with Gasteiger partial charge in [-0.15, -0.1) is 13.2 Å². The molecule has 0 radical (unpaired) electrons. The maximum atomic E-state index is 14.6. The number of halogens is 2. The van der Waals surface area contributed by atoms with Crippen LogP contribution in [0, 0.1) is 5.92 Å². The molecule has 2 atom stereocenters. The van der Waals surface area contributed by atoms with Gasteiger partial charge in [-0.05, 0) is 74.4 Å². The average Bonchev–Trinajstić information content (AvgIpc) is 3.30. The van der Waals surface area contributed by atoms with Crippen LogP contribution in [0.3, 0.4) is 0 Å². The zero-order valence-electron chi connectivity index (χ0n) is 24.5. The van der Waals surface area contributed by atoms with Gasteiger partial charge in [-0.1, -0.05) is 43.7 Å². The van der Waals surface area contributed by atoms with Crippen LogP contribution in [-0.2, 0) is 14.6 Å². The Morgan fingerprint density at radius 1 is 1.24 bits per heavy atom. The summed E-state index contributed by atoms with van der Waals surface area (Å²) in [4.78, 5) is 24.6. The van der Waals surface area contributed by atoms with E-state index in [0.717, 1.165) is 25.5 Å². The van der Waals surface area contributed by atoms with E-state index in [0.29, 0.717) is 52.7 Å². The van der Waals surface area contributed by atoms with Crippen LogP contribution in [0.25, 0.3) is 0 Å². The van der Waals surface area contributed by atoms with Gasteiger partial charge in [0, 0.05) is 47.1 Å². The Balaban J connectivity index is 0.000000396. The molecule has 0 bridgehead atoms. The fourth-order valence-electron chi connectivity index (χ4n) is 4.47. The largest absolute Gasteiger partial charge is 0.388 e. The lowest BCUT2D eigenvalue weighted by atomic mass is 9.95. The number of aldehydes is 1. The van der Waals surface area contributed by atoms with Crippen LogP contribution >= 0.6 is 11.6 Å². The normalized spacial score (nSPS) is 18.3. The van der Waals surface area contributed by atoms with Crippen molar-refractivity contribution in [1.29, 1.82) is 0 Å². The highest BCUT2D eigenvalue weighted by Crippen LogP contribution is 2.33. The summed E-state index contributed by atoms with van der Waals surface area (Å²) >= 11 is 5.75. The number of hydrogen-bond acceptors (Lipinski definition) is 5. The summed E-state index contributed by atoms with van der Waals surface area (Å²) in [7, 11) is -1.56. The molecule has 2 N–H and O–H groups in total. The first-order chi connectivity index (χ1) is 19.5. The van der Waals surface area contributed by atoms with Gasteiger partial charge in [-0.2, -0.15) is 0 Å². The zero-order chi connectivity index (χ0) is 31.0. The van der Waals surface area contributed by atoms with Gasteiger partial charge in [0.15, 0.2) is 9.84 Å². The number of carbonyl (C=O) groups excluding carboxylic acids is 2. The second-order valence-electron chi connectivity index (χ2n) is 9.48.